The molecule has 0 aromatic rings. The number of thioether (sulfide) groups is 1. The summed E-state index contributed by atoms with van der Waals surface area (Å²) >= 11 is 1.58. The Hall–Kier alpha value is -1.80. The summed E-state index contributed by atoms with van der Waals surface area (Å²) in [4.78, 5) is 46.0. The van der Waals surface area contributed by atoms with Gasteiger partial charge in [-0.1, -0.05) is 57.4 Å². The summed E-state index contributed by atoms with van der Waals surface area (Å²) in [7, 11) is 0. The van der Waals surface area contributed by atoms with Gasteiger partial charge in [-0.15, -0.1) is 11.8 Å². The first-order valence-corrected chi connectivity index (χ1v) is 14.5. The maximum Gasteiger partial charge on any atom is 0.311 e. The fourth-order valence-corrected chi connectivity index (χ4v) is 9.52. The fourth-order valence-electron chi connectivity index (χ4n) is 7.38. The second-order valence-corrected chi connectivity index (χ2v) is 13.5. The molecule has 2 saturated heterocycles. The summed E-state index contributed by atoms with van der Waals surface area (Å²) in [6, 6.07) is -1.05. The van der Waals surface area contributed by atoms with Crippen LogP contribution >= 0.6 is 11.8 Å². The van der Waals surface area contributed by atoms with E-state index in [0.29, 0.717) is 26.0 Å². The van der Waals surface area contributed by atoms with Crippen LogP contribution in [0.2, 0.25) is 0 Å². The number of aliphatic hydroxyl groups excluding tert-OH is 1. The summed E-state index contributed by atoms with van der Waals surface area (Å²) in [5, 5.41) is 10.4. The molecule has 5 aliphatic rings. The number of aliphatic hydroxyl groups is 1. The van der Waals surface area contributed by atoms with E-state index >= 15 is 0 Å². The highest BCUT2D eigenvalue weighted by molar-refractivity contribution is 8.02. The first kappa shape index (κ1) is 25.8. The normalized spacial score (nSPS) is 37.8. The number of hydrogen-bond acceptors (Lipinski definition) is 6. The molecular formula is C28H40N2O5S. The van der Waals surface area contributed by atoms with Gasteiger partial charge in [0.2, 0.25) is 11.8 Å². The van der Waals surface area contributed by atoms with Gasteiger partial charge >= 0.3 is 5.97 Å². The number of carbonyl (C=O) groups is 3. The van der Waals surface area contributed by atoms with E-state index in [4.69, 9.17) is 4.74 Å². The van der Waals surface area contributed by atoms with E-state index in [9.17, 15) is 19.5 Å². The zero-order chi connectivity index (χ0) is 25.7. The first-order chi connectivity index (χ1) is 17.2. The van der Waals surface area contributed by atoms with E-state index in [0.717, 1.165) is 25.7 Å². The lowest BCUT2D eigenvalue weighted by molar-refractivity contribution is -0.155. The van der Waals surface area contributed by atoms with Crippen LogP contribution in [-0.4, -0.2) is 80.1 Å². The van der Waals surface area contributed by atoms with Gasteiger partial charge in [-0.05, 0) is 38.5 Å². The van der Waals surface area contributed by atoms with Crippen molar-refractivity contribution >= 4 is 29.5 Å². The number of fused-ring (bicyclic) bond motifs is 2. The molecule has 1 aliphatic carbocycles. The van der Waals surface area contributed by atoms with Crippen molar-refractivity contribution in [2.75, 3.05) is 19.8 Å². The number of rotatable bonds is 5. The van der Waals surface area contributed by atoms with Crippen LogP contribution < -0.4 is 0 Å². The number of carbonyl (C=O) groups excluding carboxylic acids is 3. The third kappa shape index (κ3) is 4.03. The van der Waals surface area contributed by atoms with Gasteiger partial charge in [-0.3, -0.25) is 14.4 Å². The largest absolute Gasteiger partial charge is 0.465 e. The van der Waals surface area contributed by atoms with Crippen molar-refractivity contribution < 1.29 is 24.2 Å². The molecule has 4 aliphatic heterocycles. The van der Waals surface area contributed by atoms with Crippen LogP contribution in [0.15, 0.2) is 24.3 Å². The van der Waals surface area contributed by atoms with Crippen molar-refractivity contribution in [3.05, 3.63) is 24.3 Å². The molecule has 0 aromatic heterocycles. The van der Waals surface area contributed by atoms with E-state index < -0.39 is 33.4 Å². The molecule has 2 amide bonds. The number of ether oxygens (including phenoxy) is 1. The number of nitrogens with zero attached hydrogens (tertiary/aromatic N) is 2. The Kier molecular flexibility index (Phi) is 7.05. The van der Waals surface area contributed by atoms with Gasteiger partial charge in [0.15, 0.2) is 0 Å². The highest BCUT2D eigenvalue weighted by atomic mass is 32.2. The molecule has 1 N–H and O–H groups in total. The van der Waals surface area contributed by atoms with Crippen molar-refractivity contribution in [3.63, 3.8) is 0 Å². The van der Waals surface area contributed by atoms with Gasteiger partial charge in [-0.2, -0.15) is 0 Å². The summed E-state index contributed by atoms with van der Waals surface area (Å²) in [5.41, 5.74) is 0. The minimum absolute atomic E-state index is 0.0346. The van der Waals surface area contributed by atoms with Gasteiger partial charge in [-0.25, -0.2) is 0 Å². The zero-order valence-electron chi connectivity index (χ0n) is 21.7. The van der Waals surface area contributed by atoms with E-state index in [1.54, 1.807) is 16.7 Å². The van der Waals surface area contributed by atoms with Crippen LogP contribution in [-0.2, 0) is 19.1 Å². The van der Waals surface area contributed by atoms with Crippen molar-refractivity contribution in [2.24, 2.45) is 17.8 Å². The van der Waals surface area contributed by atoms with E-state index in [-0.39, 0.29) is 36.4 Å². The molecule has 6 atom stereocenters. The predicted octanol–water partition coefficient (Wildman–Crippen LogP) is 3.32. The quantitative estimate of drug-likeness (QED) is 0.446. The minimum Gasteiger partial charge on any atom is -0.465 e. The van der Waals surface area contributed by atoms with Crippen LogP contribution in [0.3, 0.4) is 0 Å². The molecule has 5 rings (SSSR count). The molecule has 1 spiro atoms. The molecule has 4 heterocycles. The maximum absolute atomic E-state index is 14.5. The fraction of sp³-hybridized carbons (Fsp3) is 0.750. The highest BCUT2D eigenvalue weighted by Gasteiger charge is 2.74. The molecule has 3 fully saturated rings. The second-order valence-electron chi connectivity index (χ2n) is 11.8. The Balaban J connectivity index is 1.64. The first-order valence-electron chi connectivity index (χ1n) is 13.7. The summed E-state index contributed by atoms with van der Waals surface area (Å²) in [5.74, 6) is -1.74. The summed E-state index contributed by atoms with van der Waals surface area (Å²) < 4.78 is 4.08. The Morgan fingerprint density at radius 2 is 1.83 bits per heavy atom. The average Bonchev–Trinajstić information content (AvgIpc) is 3.17. The standard InChI is InChI=1S/C28H40N2O5S/c1-18(2)16-20(17-31)30-23-25(33)29(19-10-5-4-6-11-19)14-9-13-28(23)21(24(30)32)22-26(34)35-15-8-7-12-27(22,3)36-28/h7,9,12-13,18-23,31H,4-6,8,10-11,14-17H2,1-3H3/t20-,21+,22-,23?,27+,28+/m1/s1. The molecule has 198 valence electrons. The van der Waals surface area contributed by atoms with Gasteiger partial charge in [0.25, 0.3) is 0 Å². The maximum atomic E-state index is 14.5. The minimum atomic E-state index is -0.880. The molecule has 36 heavy (non-hydrogen) atoms. The number of cyclic esters (lactones) is 1. The molecule has 7 nitrogen and oxygen atoms in total. The van der Waals surface area contributed by atoms with Crippen LogP contribution in [0.25, 0.3) is 0 Å². The van der Waals surface area contributed by atoms with Gasteiger partial charge in [0, 0.05) is 17.3 Å². The smallest absolute Gasteiger partial charge is 0.311 e. The Labute approximate surface area is 218 Å². The molecule has 0 radical (unpaired) electrons. The van der Waals surface area contributed by atoms with E-state index in [2.05, 4.69) is 32.1 Å². The van der Waals surface area contributed by atoms with E-state index in [1.165, 1.54) is 6.42 Å². The number of amides is 2. The lowest BCUT2D eigenvalue weighted by Crippen LogP contribution is -2.58. The predicted molar refractivity (Wildman–Crippen MR) is 139 cm³/mol. The average molecular weight is 517 g/mol. The van der Waals surface area contributed by atoms with E-state index in [1.807, 2.05) is 17.9 Å². The second kappa shape index (κ2) is 9.82. The van der Waals surface area contributed by atoms with Crippen LogP contribution in [0.5, 0.6) is 0 Å². The SMILES string of the molecule is CC(C)C[C@H](CO)N1C(=O)[C@@H]2[C@@H]3C(=O)OCCC=C[C@]3(C)S[C@@]23C=CCN(C2CCCCC2)C(=O)C13. The highest BCUT2D eigenvalue weighted by Crippen LogP contribution is 2.65. The molecule has 0 aromatic carbocycles. The molecule has 1 saturated carbocycles. The zero-order valence-corrected chi connectivity index (χ0v) is 22.5. The third-order valence-electron chi connectivity index (χ3n) is 8.85. The summed E-state index contributed by atoms with van der Waals surface area (Å²) in [6.07, 6.45) is 14.8. The number of likely N-dealkylation sites (tertiary alicyclic amines) is 1. The Bertz CT molecular complexity index is 960. The number of esters is 1. The van der Waals surface area contributed by atoms with Crippen molar-refractivity contribution in [3.8, 4) is 0 Å². The van der Waals surface area contributed by atoms with Crippen molar-refractivity contribution in [2.45, 2.75) is 93.3 Å². The van der Waals surface area contributed by atoms with Crippen molar-refractivity contribution in [1.82, 2.24) is 9.80 Å². The topological polar surface area (TPSA) is 87.2 Å². The lowest BCUT2D eigenvalue weighted by Gasteiger charge is -2.42. The third-order valence-corrected chi connectivity index (χ3v) is 10.6. The Morgan fingerprint density at radius 1 is 1.08 bits per heavy atom. The van der Waals surface area contributed by atoms with Crippen LogP contribution in [0.1, 0.15) is 65.7 Å². The van der Waals surface area contributed by atoms with Crippen LogP contribution in [0.4, 0.5) is 0 Å². The van der Waals surface area contributed by atoms with Gasteiger partial charge in [0.1, 0.15) is 6.04 Å². The lowest BCUT2D eigenvalue weighted by atomic mass is 9.74. The molecule has 1 unspecified atom stereocenters. The Morgan fingerprint density at radius 3 is 2.53 bits per heavy atom. The molecule has 0 bridgehead atoms. The molecular weight excluding hydrogens is 476 g/mol. The van der Waals surface area contributed by atoms with Gasteiger partial charge < -0.3 is 19.6 Å². The van der Waals surface area contributed by atoms with Gasteiger partial charge in [0.05, 0.1) is 35.8 Å². The summed E-state index contributed by atoms with van der Waals surface area (Å²) in [6.45, 7) is 6.74. The van der Waals surface area contributed by atoms with Crippen LogP contribution in [0, 0.1) is 17.8 Å². The monoisotopic (exact) mass is 516 g/mol. The van der Waals surface area contributed by atoms with Crippen molar-refractivity contribution in [1.29, 1.82) is 0 Å². The number of hydrogen-bond donors (Lipinski definition) is 1. The molecule has 8 heteroatoms.